The Hall–Kier alpha value is -2.04. The Labute approximate surface area is 232 Å². The quantitative estimate of drug-likeness (QED) is 0.147. The predicted octanol–water partition coefficient (Wildman–Crippen LogP) is 3.14. The monoisotopic (exact) mass is 552 g/mol. The Balaban J connectivity index is 2.16. The highest BCUT2D eigenvalue weighted by Crippen LogP contribution is 2.40. The molecular weight excluding hydrogens is 504 g/mol. The first kappa shape index (κ1) is 33.2. The molecule has 0 saturated carbocycles. The maximum atomic E-state index is 12.6. The van der Waals surface area contributed by atoms with Crippen LogP contribution in [0.4, 0.5) is 0 Å². The van der Waals surface area contributed by atoms with E-state index in [2.05, 4.69) is 0 Å². The molecule has 0 aromatic rings. The zero-order valence-corrected chi connectivity index (χ0v) is 24.4. The van der Waals surface area contributed by atoms with Gasteiger partial charge < -0.3 is 34.6 Å². The molecule has 222 valence electrons. The maximum Gasteiger partial charge on any atom is 0.309 e. The van der Waals surface area contributed by atoms with Crippen LogP contribution in [0, 0.1) is 11.8 Å². The topological polar surface area (TPSA) is 146 Å². The molecule has 10 atom stereocenters. The number of hydrogen-bond donors (Lipinski definition) is 4. The highest BCUT2D eigenvalue weighted by Gasteiger charge is 2.55. The van der Waals surface area contributed by atoms with E-state index in [1.807, 2.05) is 32.9 Å². The zero-order chi connectivity index (χ0) is 29.5. The molecule has 0 amide bonds. The van der Waals surface area contributed by atoms with E-state index >= 15 is 0 Å². The molecule has 0 aromatic heterocycles. The van der Waals surface area contributed by atoms with Crippen LogP contribution in [0.1, 0.15) is 80.6 Å². The number of allylic oxidation sites excluding steroid dienone is 2. The molecule has 2 aliphatic rings. The van der Waals surface area contributed by atoms with Crippen molar-refractivity contribution in [2.24, 2.45) is 11.8 Å². The van der Waals surface area contributed by atoms with Gasteiger partial charge in [-0.25, -0.2) is 0 Å². The summed E-state index contributed by atoms with van der Waals surface area (Å²) >= 11 is 0. The lowest BCUT2D eigenvalue weighted by atomic mass is 9.88. The van der Waals surface area contributed by atoms with Gasteiger partial charge in [0.25, 0.3) is 0 Å². The van der Waals surface area contributed by atoms with Gasteiger partial charge in [-0.3, -0.25) is 9.59 Å². The van der Waals surface area contributed by atoms with Crippen LogP contribution < -0.4 is 0 Å². The van der Waals surface area contributed by atoms with Crippen molar-refractivity contribution in [3.05, 3.63) is 36.0 Å². The van der Waals surface area contributed by atoms with Crippen molar-refractivity contribution in [2.75, 3.05) is 0 Å². The van der Waals surface area contributed by atoms with E-state index < -0.39 is 47.7 Å². The average Bonchev–Trinajstić information content (AvgIpc) is 3.60. The minimum absolute atomic E-state index is 0.0355. The third-order valence-corrected chi connectivity index (χ3v) is 7.66. The summed E-state index contributed by atoms with van der Waals surface area (Å²) in [7, 11) is 0. The molecule has 0 aliphatic carbocycles. The van der Waals surface area contributed by atoms with E-state index in [1.165, 1.54) is 13.8 Å². The van der Waals surface area contributed by atoms with Crippen molar-refractivity contribution in [3.63, 3.8) is 0 Å². The molecule has 39 heavy (non-hydrogen) atoms. The molecule has 9 heteroatoms. The second kappa shape index (κ2) is 14.0. The molecule has 0 spiro atoms. The van der Waals surface area contributed by atoms with E-state index in [-0.39, 0.29) is 36.8 Å². The largest absolute Gasteiger partial charge is 0.458 e. The van der Waals surface area contributed by atoms with Crippen molar-refractivity contribution >= 4 is 11.9 Å². The van der Waals surface area contributed by atoms with Gasteiger partial charge in [-0.15, -0.1) is 0 Å². The lowest BCUT2D eigenvalue weighted by molar-refractivity contribution is -0.151. The van der Waals surface area contributed by atoms with Crippen LogP contribution in [0.2, 0.25) is 0 Å². The SMILES string of the molecule is CCC(O)C(C)(O)C1OC1CC(C)(O)/C=C/C=C(\C)C1OC(=O)CC(O)CCC(C)C(OC(C)=O)/C=C/C1C. The van der Waals surface area contributed by atoms with Crippen molar-refractivity contribution in [1.82, 2.24) is 0 Å². The number of aliphatic hydroxyl groups is 4. The Morgan fingerprint density at radius 1 is 1.21 bits per heavy atom. The lowest BCUT2D eigenvalue weighted by Gasteiger charge is -2.27. The van der Waals surface area contributed by atoms with Gasteiger partial charge in [-0.1, -0.05) is 45.1 Å². The summed E-state index contributed by atoms with van der Waals surface area (Å²) in [5, 5.41) is 41.9. The molecule has 1 fully saturated rings. The van der Waals surface area contributed by atoms with Crippen LogP contribution in [0.25, 0.3) is 0 Å². The Morgan fingerprint density at radius 3 is 2.49 bits per heavy atom. The molecule has 2 rings (SSSR count). The first-order valence-corrected chi connectivity index (χ1v) is 13.9. The number of aliphatic hydroxyl groups excluding tert-OH is 2. The molecule has 0 aromatic carbocycles. The summed E-state index contributed by atoms with van der Waals surface area (Å²) in [6.45, 7) is 12.0. The minimum atomic E-state index is -1.39. The standard InChI is InChI=1S/C30H48O9/c1-8-25(33)30(7,36)28-24(38-28)17-29(6,35)15-9-10-19(3)27-20(4)12-14-23(37-21(5)31)18(2)11-13-22(32)16-26(34)39-27/h9-10,12,14-15,18,20,22-25,27-28,32-33,35-36H,8,11,13,16-17H2,1-7H3/b14-12+,15-9+,19-10+. The normalized spacial score (nSPS) is 35.5. The predicted molar refractivity (Wildman–Crippen MR) is 146 cm³/mol. The average molecular weight is 553 g/mol. The summed E-state index contributed by atoms with van der Waals surface area (Å²) in [5.74, 6) is -1.18. The van der Waals surface area contributed by atoms with Gasteiger partial charge >= 0.3 is 11.9 Å². The molecule has 4 N–H and O–H groups in total. The lowest BCUT2D eigenvalue weighted by Crippen LogP contribution is -2.45. The van der Waals surface area contributed by atoms with Crippen LogP contribution in [-0.2, 0) is 23.8 Å². The summed E-state index contributed by atoms with van der Waals surface area (Å²) < 4.78 is 16.8. The van der Waals surface area contributed by atoms with Crippen LogP contribution in [0.3, 0.4) is 0 Å². The number of carbonyl (C=O) groups is 2. The molecule has 0 bridgehead atoms. The van der Waals surface area contributed by atoms with E-state index in [0.717, 1.165) is 5.57 Å². The molecule has 0 radical (unpaired) electrons. The second-order valence-electron chi connectivity index (χ2n) is 11.7. The minimum Gasteiger partial charge on any atom is -0.458 e. The fraction of sp³-hybridized carbons (Fsp3) is 0.733. The number of epoxide rings is 1. The van der Waals surface area contributed by atoms with Crippen molar-refractivity contribution in [2.45, 2.75) is 128 Å². The fourth-order valence-electron chi connectivity index (χ4n) is 5.03. The van der Waals surface area contributed by atoms with Gasteiger partial charge in [-0.05, 0) is 57.6 Å². The van der Waals surface area contributed by atoms with Crippen LogP contribution in [0.5, 0.6) is 0 Å². The van der Waals surface area contributed by atoms with Gasteiger partial charge in [0.1, 0.15) is 23.9 Å². The number of cyclic esters (lactones) is 1. The van der Waals surface area contributed by atoms with E-state index in [9.17, 15) is 30.0 Å². The molecule has 2 aliphatic heterocycles. The van der Waals surface area contributed by atoms with Crippen LogP contribution in [0.15, 0.2) is 36.0 Å². The number of ether oxygens (including phenoxy) is 3. The fourth-order valence-corrected chi connectivity index (χ4v) is 5.03. The second-order valence-corrected chi connectivity index (χ2v) is 11.7. The molecule has 10 unspecified atom stereocenters. The van der Waals surface area contributed by atoms with Gasteiger partial charge in [-0.2, -0.15) is 0 Å². The van der Waals surface area contributed by atoms with Crippen molar-refractivity contribution in [3.8, 4) is 0 Å². The van der Waals surface area contributed by atoms with E-state index in [1.54, 1.807) is 32.1 Å². The van der Waals surface area contributed by atoms with E-state index in [0.29, 0.717) is 19.3 Å². The Bertz CT molecular complexity index is 919. The van der Waals surface area contributed by atoms with Crippen LogP contribution >= 0.6 is 0 Å². The van der Waals surface area contributed by atoms with Gasteiger partial charge in [0.2, 0.25) is 0 Å². The zero-order valence-electron chi connectivity index (χ0n) is 24.4. The number of esters is 2. The Morgan fingerprint density at radius 2 is 1.87 bits per heavy atom. The number of rotatable bonds is 9. The van der Waals surface area contributed by atoms with Gasteiger partial charge in [0.15, 0.2) is 0 Å². The smallest absolute Gasteiger partial charge is 0.309 e. The molecule has 1 saturated heterocycles. The summed E-state index contributed by atoms with van der Waals surface area (Å²) in [5.41, 5.74) is -1.91. The Kier molecular flexibility index (Phi) is 11.9. The molecule has 9 nitrogen and oxygen atoms in total. The number of carbonyl (C=O) groups excluding carboxylic acids is 2. The van der Waals surface area contributed by atoms with E-state index in [4.69, 9.17) is 14.2 Å². The van der Waals surface area contributed by atoms with Crippen molar-refractivity contribution < 1.29 is 44.2 Å². The third-order valence-electron chi connectivity index (χ3n) is 7.66. The van der Waals surface area contributed by atoms with Gasteiger partial charge in [0.05, 0.1) is 30.3 Å². The van der Waals surface area contributed by atoms with Gasteiger partial charge in [0, 0.05) is 19.3 Å². The highest BCUT2D eigenvalue weighted by molar-refractivity contribution is 5.70. The van der Waals surface area contributed by atoms with Crippen LogP contribution in [-0.4, -0.2) is 80.2 Å². The highest BCUT2D eigenvalue weighted by atomic mass is 16.6. The first-order chi connectivity index (χ1) is 18.1. The third kappa shape index (κ3) is 10.1. The van der Waals surface area contributed by atoms with Crippen molar-refractivity contribution in [1.29, 1.82) is 0 Å². The maximum absolute atomic E-state index is 12.6. The summed E-state index contributed by atoms with van der Waals surface area (Å²) in [6, 6.07) is 0. The number of hydrogen-bond acceptors (Lipinski definition) is 9. The molecular formula is C30H48O9. The summed E-state index contributed by atoms with van der Waals surface area (Å²) in [4.78, 5) is 24.2. The molecule has 2 heterocycles. The first-order valence-electron chi connectivity index (χ1n) is 13.9. The summed E-state index contributed by atoms with van der Waals surface area (Å²) in [6.07, 6.45) is 6.40.